The van der Waals surface area contributed by atoms with E-state index in [2.05, 4.69) is 5.32 Å². The number of amides is 1. The molecule has 3 aromatic rings. The number of rotatable bonds is 6. The monoisotopic (exact) mass is 450 g/mol. The minimum Gasteiger partial charge on any atom is -0.497 e. The van der Waals surface area contributed by atoms with Gasteiger partial charge < -0.3 is 10.1 Å². The summed E-state index contributed by atoms with van der Waals surface area (Å²) in [4.78, 5) is 13.1. The van der Waals surface area contributed by atoms with Gasteiger partial charge in [-0.05, 0) is 73.9 Å². The van der Waals surface area contributed by atoms with E-state index in [0.717, 1.165) is 22.4 Å². The molecule has 32 heavy (non-hydrogen) atoms. The van der Waals surface area contributed by atoms with E-state index >= 15 is 0 Å². The Morgan fingerprint density at radius 2 is 1.72 bits per heavy atom. The Morgan fingerprint density at radius 3 is 2.38 bits per heavy atom. The molecular formula is C25H26N2O4S. The van der Waals surface area contributed by atoms with E-state index in [9.17, 15) is 13.2 Å². The van der Waals surface area contributed by atoms with Crippen LogP contribution in [0.2, 0.25) is 0 Å². The number of aryl methyl sites for hydroxylation is 1. The second kappa shape index (κ2) is 8.67. The fourth-order valence-electron chi connectivity index (χ4n) is 3.86. The summed E-state index contributed by atoms with van der Waals surface area (Å²) in [7, 11) is -2.03. The van der Waals surface area contributed by atoms with Crippen molar-refractivity contribution in [2.75, 3.05) is 18.0 Å². The highest BCUT2D eigenvalue weighted by Gasteiger charge is 2.31. The topological polar surface area (TPSA) is 75.7 Å². The minimum absolute atomic E-state index is 0.180. The van der Waals surface area contributed by atoms with Gasteiger partial charge in [-0.3, -0.25) is 9.10 Å². The Morgan fingerprint density at radius 1 is 1.03 bits per heavy atom. The van der Waals surface area contributed by atoms with E-state index < -0.39 is 10.0 Å². The first-order valence-electron chi connectivity index (χ1n) is 10.5. The third kappa shape index (κ3) is 4.21. The highest BCUT2D eigenvalue weighted by molar-refractivity contribution is 7.92. The third-order valence-corrected chi connectivity index (χ3v) is 7.59. The number of ether oxygens (including phenoxy) is 1. The third-order valence-electron chi connectivity index (χ3n) is 5.77. The van der Waals surface area contributed by atoms with E-state index in [4.69, 9.17) is 4.74 Å². The smallest absolute Gasteiger partial charge is 0.264 e. The molecule has 4 rings (SSSR count). The van der Waals surface area contributed by atoms with Crippen molar-refractivity contribution in [3.05, 3.63) is 89.0 Å². The Hall–Kier alpha value is -3.32. The van der Waals surface area contributed by atoms with E-state index in [1.165, 1.54) is 4.31 Å². The number of anilines is 1. The lowest BCUT2D eigenvalue weighted by Crippen LogP contribution is -2.29. The number of hydrogen-bond donors (Lipinski definition) is 1. The molecule has 0 saturated carbocycles. The van der Waals surface area contributed by atoms with E-state index in [0.29, 0.717) is 24.2 Å². The van der Waals surface area contributed by atoms with Crippen molar-refractivity contribution in [1.29, 1.82) is 0 Å². The van der Waals surface area contributed by atoms with Crippen molar-refractivity contribution in [2.45, 2.75) is 31.2 Å². The summed E-state index contributed by atoms with van der Waals surface area (Å²) in [5.74, 6) is 0.562. The number of hydrogen-bond acceptors (Lipinski definition) is 4. The summed E-state index contributed by atoms with van der Waals surface area (Å²) in [5.41, 5.74) is 3.97. The standard InChI is InChI=1S/C25H26N2O4S/c1-17-4-11-23(12-5-17)32(29,30)27-15-14-20-16-21(8-13-24(20)27)25(28)26-18(2)19-6-9-22(31-3)10-7-19/h4-13,16,18H,14-15H2,1-3H3,(H,26,28)/t18-/m1/s1. The molecule has 6 nitrogen and oxygen atoms in total. The van der Waals surface area contributed by atoms with Crippen LogP contribution >= 0.6 is 0 Å². The average molecular weight is 451 g/mol. The van der Waals surface area contributed by atoms with Crippen LogP contribution in [-0.2, 0) is 16.4 Å². The summed E-state index contributed by atoms with van der Waals surface area (Å²) in [6, 6.07) is 19.4. The van der Waals surface area contributed by atoms with Gasteiger partial charge in [0, 0.05) is 12.1 Å². The zero-order valence-corrected chi connectivity index (χ0v) is 19.1. The van der Waals surface area contributed by atoms with Gasteiger partial charge in [-0.1, -0.05) is 29.8 Å². The maximum Gasteiger partial charge on any atom is 0.264 e. The second-order valence-corrected chi connectivity index (χ2v) is 9.81. The first kappa shape index (κ1) is 21.9. The van der Waals surface area contributed by atoms with Gasteiger partial charge >= 0.3 is 0 Å². The molecule has 0 aromatic heterocycles. The zero-order valence-electron chi connectivity index (χ0n) is 18.3. The van der Waals surface area contributed by atoms with E-state index in [1.807, 2.05) is 38.1 Å². The predicted molar refractivity (Wildman–Crippen MR) is 125 cm³/mol. The molecule has 166 valence electrons. The lowest BCUT2D eigenvalue weighted by molar-refractivity contribution is 0.0940. The van der Waals surface area contributed by atoms with Gasteiger partial charge in [0.25, 0.3) is 15.9 Å². The number of fused-ring (bicyclic) bond motifs is 1. The molecule has 1 amide bonds. The highest BCUT2D eigenvalue weighted by atomic mass is 32.2. The summed E-state index contributed by atoms with van der Waals surface area (Å²) in [6.45, 7) is 4.20. The maximum absolute atomic E-state index is 13.1. The Labute approximate surface area is 188 Å². The van der Waals surface area contributed by atoms with Crippen LogP contribution < -0.4 is 14.4 Å². The molecule has 7 heteroatoms. The lowest BCUT2D eigenvalue weighted by atomic mass is 10.1. The van der Waals surface area contributed by atoms with Crippen LogP contribution in [0.5, 0.6) is 5.75 Å². The van der Waals surface area contributed by atoms with E-state index in [-0.39, 0.29) is 16.8 Å². The quantitative estimate of drug-likeness (QED) is 0.609. The summed E-state index contributed by atoms with van der Waals surface area (Å²) in [6.07, 6.45) is 0.565. The fraction of sp³-hybridized carbons (Fsp3) is 0.240. The van der Waals surface area contributed by atoms with Gasteiger partial charge in [0.15, 0.2) is 0 Å². The molecule has 0 radical (unpaired) electrons. The zero-order chi connectivity index (χ0) is 22.9. The number of sulfonamides is 1. The van der Waals surface area contributed by atoms with Gasteiger partial charge in [-0.25, -0.2) is 8.42 Å². The number of nitrogens with zero attached hydrogens (tertiary/aromatic N) is 1. The van der Waals surface area contributed by atoms with E-state index in [1.54, 1.807) is 49.6 Å². The summed E-state index contributed by atoms with van der Waals surface area (Å²) < 4.78 is 32.8. The van der Waals surface area contributed by atoms with Crippen LogP contribution in [0, 0.1) is 6.92 Å². The van der Waals surface area contributed by atoms with Crippen LogP contribution in [0.15, 0.2) is 71.6 Å². The van der Waals surface area contributed by atoms with Gasteiger partial charge in [0.1, 0.15) is 5.75 Å². The van der Waals surface area contributed by atoms with Gasteiger partial charge in [0.2, 0.25) is 0 Å². The number of carbonyl (C=O) groups is 1. The van der Waals surface area contributed by atoms with Crippen molar-refractivity contribution in [1.82, 2.24) is 5.32 Å². The number of benzene rings is 3. The fourth-order valence-corrected chi connectivity index (χ4v) is 5.36. The molecule has 1 heterocycles. The average Bonchev–Trinajstić information content (AvgIpc) is 3.23. The summed E-state index contributed by atoms with van der Waals surface area (Å²) >= 11 is 0. The van der Waals surface area contributed by atoms with Crippen LogP contribution in [0.1, 0.15) is 40.0 Å². The molecule has 1 aliphatic heterocycles. The molecule has 1 aliphatic rings. The predicted octanol–water partition coefficient (Wildman–Crippen LogP) is 4.25. The molecule has 0 spiro atoms. The molecule has 0 aliphatic carbocycles. The molecule has 0 unspecified atom stereocenters. The normalized spacial score (nSPS) is 14.0. The highest BCUT2D eigenvalue weighted by Crippen LogP contribution is 2.33. The first-order chi connectivity index (χ1) is 15.3. The Balaban J connectivity index is 1.51. The Kier molecular flexibility index (Phi) is 5.93. The van der Waals surface area contributed by atoms with Gasteiger partial charge in [-0.15, -0.1) is 0 Å². The molecular weight excluding hydrogens is 424 g/mol. The van der Waals surface area contributed by atoms with Crippen molar-refractivity contribution in [3.63, 3.8) is 0 Å². The molecule has 0 fully saturated rings. The lowest BCUT2D eigenvalue weighted by Gasteiger charge is -2.20. The van der Waals surface area contributed by atoms with Gasteiger partial charge in [0.05, 0.1) is 23.7 Å². The first-order valence-corrected chi connectivity index (χ1v) is 11.9. The molecule has 1 N–H and O–H groups in total. The van der Waals surface area contributed by atoms with Crippen LogP contribution in [-0.4, -0.2) is 28.0 Å². The molecule has 0 saturated heterocycles. The molecule has 1 atom stereocenters. The number of nitrogens with one attached hydrogen (secondary N) is 1. The molecule has 0 bridgehead atoms. The number of carbonyl (C=O) groups excluding carboxylic acids is 1. The molecule has 3 aromatic carbocycles. The Bertz CT molecular complexity index is 1240. The van der Waals surface area contributed by atoms with Crippen molar-refractivity contribution < 1.29 is 17.9 Å². The van der Waals surface area contributed by atoms with Crippen LogP contribution in [0.4, 0.5) is 5.69 Å². The van der Waals surface area contributed by atoms with Crippen molar-refractivity contribution >= 4 is 21.6 Å². The minimum atomic E-state index is -3.64. The summed E-state index contributed by atoms with van der Waals surface area (Å²) in [5, 5.41) is 3.00. The van der Waals surface area contributed by atoms with Gasteiger partial charge in [-0.2, -0.15) is 0 Å². The van der Waals surface area contributed by atoms with Crippen molar-refractivity contribution in [3.8, 4) is 5.75 Å². The maximum atomic E-state index is 13.1. The second-order valence-electron chi connectivity index (χ2n) is 7.95. The SMILES string of the molecule is COc1ccc([C@@H](C)NC(=O)c2ccc3c(c2)CCN3S(=O)(=O)c2ccc(C)cc2)cc1. The largest absolute Gasteiger partial charge is 0.497 e. The van der Waals surface area contributed by atoms with Crippen molar-refractivity contribution in [2.24, 2.45) is 0 Å². The van der Waals surface area contributed by atoms with Crippen LogP contribution in [0.25, 0.3) is 0 Å². The van der Waals surface area contributed by atoms with Crippen LogP contribution in [0.3, 0.4) is 0 Å². The number of methoxy groups -OCH3 is 1.